The third-order valence-electron chi connectivity index (χ3n) is 12.6. The number of hydrogen-bond donors (Lipinski definition) is 0. The first-order valence-corrected chi connectivity index (χ1v) is 21.1. The van der Waals surface area contributed by atoms with E-state index in [1.165, 1.54) is 55.4 Å². The Kier molecular flexibility index (Phi) is 8.55. The van der Waals surface area contributed by atoms with Gasteiger partial charge in [-0.15, -0.1) is 10.2 Å². The predicted octanol–water partition coefficient (Wildman–Crippen LogP) is 14.4. The van der Waals surface area contributed by atoms with Gasteiger partial charge in [-0.25, -0.2) is 0 Å². The first kappa shape index (κ1) is 37.5. The van der Waals surface area contributed by atoms with Gasteiger partial charge in [0.1, 0.15) is 0 Å². The van der Waals surface area contributed by atoms with Crippen LogP contribution in [0.3, 0.4) is 0 Å². The molecule has 0 saturated carbocycles. The van der Waals surface area contributed by atoms with Crippen molar-refractivity contribution >= 4 is 38.9 Å². The number of benzene rings is 7. The molecular weight excluding hydrogens is 731 g/mol. The van der Waals surface area contributed by atoms with Gasteiger partial charge in [0, 0.05) is 44.4 Å². The molecule has 0 radical (unpaired) electrons. The summed E-state index contributed by atoms with van der Waals surface area (Å²) in [5.41, 5.74) is 15.3. The Balaban J connectivity index is 1.06. The number of fused-ring (bicyclic) bond motifs is 5. The average molecular weight is 782 g/mol. The Labute approximate surface area is 353 Å². The molecule has 0 N–H and O–H groups in total. The first-order chi connectivity index (χ1) is 28.8. The van der Waals surface area contributed by atoms with Gasteiger partial charge in [-0.3, -0.25) is 4.57 Å². The zero-order chi connectivity index (χ0) is 41.6. The standard InChI is InChI=1S/C55H51N5/c1-53(2,3)38-26-32-47-43(34-38)44-35-39(54(4,5)6)27-33-48(44)58(47)41-28-22-36(23-29-41)51-56-57-52(60(51)40-16-10-9-11-17-40)37-24-30-42(31-25-37)59-49-20-14-12-18-45(49)55(7,8)46-19-13-15-21-50(46)59/h9-35H,1-8H3. The highest BCUT2D eigenvalue weighted by Gasteiger charge is 2.36. The molecule has 1 aliphatic heterocycles. The molecule has 10 rings (SSSR count). The fourth-order valence-corrected chi connectivity index (χ4v) is 9.18. The van der Waals surface area contributed by atoms with Gasteiger partial charge >= 0.3 is 0 Å². The largest absolute Gasteiger partial charge is 0.310 e. The molecule has 5 heteroatoms. The van der Waals surface area contributed by atoms with E-state index in [-0.39, 0.29) is 16.2 Å². The smallest absolute Gasteiger partial charge is 0.168 e. The number of aromatic nitrogens is 4. The zero-order valence-electron chi connectivity index (χ0n) is 35.8. The van der Waals surface area contributed by atoms with Crippen molar-refractivity contribution in [2.45, 2.75) is 71.6 Å². The second kappa shape index (κ2) is 13.7. The first-order valence-electron chi connectivity index (χ1n) is 21.1. The van der Waals surface area contributed by atoms with Crippen LogP contribution in [0.2, 0.25) is 0 Å². The highest BCUT2D eigenvalue weighted by Crippen LogP contribution is 2.51. The summed E-state index contributed by atoms with van der Waals surface area (Å²) in [5.74, 6) is 1.58. The molecule has 0 saturated heterocycles. The van der Waals surface area contributed by atoms with Crippen LogP contribution < -0.4 is 4.90 Å². The van der Waals surface area contributed by atoms with Crippen LogP contribution in [0, 0.1) is 0 Å². The third kappa shape index (κ3) is 6.06. The fourth-order valence-electron chi connectivity index (χ4n) is 9.18. The van der Waals surface area contributed by atoms with Crippen LogP contribution in [0.15, 0.2) is 164 Å². The molecule has 60 heavy (non-hydrogen) atoms. The van der Waals surface area contributed by atoms with Crippen LogP contribution in [0.1, 0.15) is 77.6 Å². The maximum atomic E-state index is 4.88. The Morgan fingerprint density at radius 3 is 1.30 bits per heavy atom. The summed E-state index contributed by atoms with van der Waals surface area (Å²) >= 11 is 0. The number of rotatable bonds is 5. The molecule has 0 fully saturated rings. The normalized spacial score (nSPS) is 13.8. The van der Waals surface area contributed by atoms with Crippen molar-refractivity contribution in [1.29, 1.82) is 0 Å². The molecule has 2 aromatic heterocycles. The zero-order valence-corrected chi connectivity index (χ0v) is 35.8. The van der Waals surface area contributed by atoms with Crippen molar-refractivity contribution in [1.82, 2.24) is 19.3 Å². The molecule has 0 spiro atoms. The van der Waals surface area contributed by atoms with E-state index in [1.54, 1.807) is 0 Å². The van der Waals surface area contributed by atoms with Crippen LogP contribution in [-0.2, 0) is 16.2 Å². The summed E-state index contributed by atoms with van der Waals surface area (Å²) in [5, 5.41) is 12.3. The minimum Gasteiger partial charge on any atom is -0.310 e. The van der Waals surface area contributed by atoms with Crippen molar-refractivity contribution in [2.24, 2.45) is 0 Å². The van der Waals surface area contributed by atoms with E-state index in [1.807, 2.05) is 6.07 Å². The van der Waals surface area contributed by atoms with Crippen molar-refractivity contribution in [3.05, 3.63) is 186 Å². The Morgan fingerprint density at radius 2 is 0.833 bits per heavy atom. The second-order valence-electron chi connectivity index (χ2n) is 18.9. The molecule has 5 nitrogen and oxygen atoms in total. The van der Waals surface area contributed by atoms with Crippen LogP contribution in [0.4, 0.5) is 17.1 Å². The highest BCUT2D eigenvalue weighted by molar-refractivity contribution is 6.10. The summed E-state index contributed by atoms with van der Waals surface area (Å²) in [7, 11) is 0. The van der Waals surface area contributed by atoms with E-state index < -0.39 is 0 Å². The summed E-state index contributed by atoms with van der Waals surface area (Å²) in [4.78, 5) is 2.39. The fraction of sp³-hybridized carbons (Fsp3) is 0.200. The third-order valence-corrected chi connectivity index (χ3v) is 12.6. The topological polar surface area (TPSA) is 38.9 Å². The van der Waals surface area contributed by atoms with Crippen LogP contribution in [-0.4, -0.2) is 19.3 Å². The summed E-state index contributed by atoms with van der Waals surface area (Å²) in [6.45, 7) is 18.4. The van der Waals surface area contributed by atoms with Crippen molar-refractivity contribution in [3.63, 3.8) is 0 Å². The lowest BCUT2D eigenvalue weighted by molar-refractivity contribution is 0.590. The van der Waals surface area contributed by atoms with Gasteiger partial charge in [0.15, 0.2) is 11.6 Å². The lowest BCUT2D eigenvalue weighted by Crippen LogP contribution is -2.30. The molecule has 9 aromatic rings. The number of para-hydroxylation sites is 3. The molecule has 0 amide bonds. The summed E-state index contributed by atoms with van der Waals surface area (Å²) in [6.07, 6.45) is 0. The van der Waals surface area contributed by atoms with Crippen LogP contribution in [0.25, 0.3) is 56.0 Å². The average Bonchev–Trinajstić information content (AvgIpc) is 3.83. The molecule has 0 aliphatic carbocycles. The van der Waals surface area contributed by atoms with E-state index >= 15 is 0 Å². The summed E-state index contributed by atoms with van der Waals surface area (Å²) in [6, 6.07) is 59.5. The van der Waals surface area contributed by atoms with Crippen molar-refractivity contribution < 1.29 is 0 Å². The Bertz CT molecular complexity index is 2940. The second-order valence-corrected chi connectivity index (χ2v) is 18.9. The van der Waals surface area contributed by atoms with E-state index in [4.69, 9.17) is 10.2 Å². The van der Waals surface area contributed by atoms with E-state index in [2.05, 4.69) is 227 Å². The minimum absolute atomic E-state index is 0.0464. The maximum Gasteiger partial charge on any atom is 0.168 e. The molecule has 0 atom stereocenters. The monoisotopic (exact) mass is 781 g/mol. The van der Waals surface area contributed by atoms with E-state index in [9.17, 15) is 0 Å². The highest BCUT2D eigenvalue weighted by atomic mass is 15.3. The van der Waals surface area contributed by atoms with Crippen molar-refractivity contribution in [3.8, 4) is 34.2 Å². The quantitative estimate of drug-likeness (QED) is 0.175. The van der Waals surface area contributed by atoms with Gasteiger partial charge < -0.3 is 9.47 Å². The maximum absolute atomic E-state index is 4.88. The van der Waals surface area contributed by atoms with Gasteiger partial charge in [0.05, 0.1) is 22.4 Å². The number of nitrogens with zero attached hydrogens (tertiary/aromatic N) is 5. The van der Waals surface area contributed by atoms with Crippen LogP contribution >= 0.6 is 0 Å². The molecule has 3 heterocycles. The van der Waals surface area contributed by atoms with E-state index in [0.29, 0.717) is 0 Å². The molecule has 0 unspecified atom stereocenters. The Morgan fingerprint density at radius 1 is 0.417 bits per heavy atom. The Hall–Kier alpha value is -6.72. The SMILES string of the molecule is CC(C)(C)c1ccc2c(c1)c1cc(C(C)(C)C)ccc1n2-c1ccc(-c2nnc(-c3ccc(N4c5ccccc5C(C)(C)c5ccccc54)cc3)n2-c2ccccc2)cc1. The molecule has 1 aliphatic rings. The minimum atomic E-state index is -0.111. The van der Waals surface area contributed by atoms with Gasteiger partial charge in [0.25, 0.3) is 0 Å². The molecule has 0 bridgehead atoms. The van der Waals surface area contributed by atoms with Gasteiger partial charge in [-0.1, -0.05) is 122 Å². The number of hydrogen-bond acceptors (Lipinski definition) is 3. The molecule has 7 aromatic carbocycles. The van der Waals surface area contributed by atoms with Gasteiger partial charge in [0.2, 0.25) is 0 Å². The van der Waals surface area contributed by atoms with Gasteiger partial charge in [-0.05, 0) is 130 Å². The number of anilines is 3. The van der Waals surface area contributed by atoms with Crippen LogP contribution in [0.5, 0.6) is 0 Å². The predicted molar refractivity (Wildman–Crippen MR) is 251 cm³/mol. The lowest BCUT2D eigenvalue weighted by atomic mass is 9.73. The summed E-state index contributed by atoms with van der Waals surface area (Å²) < 4.78 is 4.59. The lowest BCUT2D eigenvalue weighted by Gasteiger charge is -2.42. The van der Waals surface area contributed by atoms with Crippen molar-refractivity contribution in [2.75, 3.05) is 4.90 Å². The van der Waals surface area contributed by atoms with Gasteiger partial charge in [-0.2, -0.15) is 0 Å². The molecular formula is C55H51N5. The van der Waals surface area contributed by atoms with E-state index in [0.717, 1.165) is 39.8 Å². The molecule has 296 valence electrons.